The van der Waals surface area contributed by atoms with E-state index in [1.165, 1.54) is 11.1 Å². The zero-order valence-electron chi connectivity index (χ0n) is 18.3. The summed E-state index contributed by atoms with van der Waals surface area (Å²) in [5, 5.41) is 6.71. The highest BCUT2D eigenvalue weighted by atomic mass is 16.5. The van der Waals surface area contributed by atoms with Crippen LogP contribution in [-0.4, -0.2) is 54.5 Å². The van der Waals surface area contributed by atoms with Crippen LogP contribution in [0.15, 0.2) is 41.7 Å². The number of nitrogens with one attached hydrogen (secondary N) is 2. The largest absolute Gasteiger partial charge is 0.379 e. The van der Waals surface area contributed by atoms with Crippen LogP contribution < -0.4 is 10.6 Å². The molecule has 1 unspecified atom stereocenters. The lowest BCUT2D eigenvalue weighted by molar-refractivity contribution is 0.0168. The van der Waals surface area contributed by atoms with E-state index in [2.05, 4.69) is 51.4 Å². The molecule has 1 atom stereocenters. The fraction of sp³-hybridized carbons (Fsp3) is 0.565. The van der Waals surface area contributed by atoms with E-state index in [1.807, 2.05) is 19.3 Å². The van der Waals surface area contributed by atoms with Crippen molar-refractivity contribution < 1.29 is 9.47 Å². The van der Waals surface area contributed by atoms with E-state index in [4.69, 9.17) is 14.5 Å². The number of benzene rings is 1. The lowest BCUT2D eigenvalue weighted by Gasteiger charge is -2.13. The Labute approximate surface area is 179 Å². The molecule has 0 aliphatic carbocycles. The van der Waals surface area contributed by atoms with E-state index in [9.17, 15) is 0 Å². The lowest BCUT2D eigenvalue weighted by atomic mass is 10.1. The Hall–Kier alpha value is -2.38. The second kappa shape index (κ2) is 12.3. The molecule has 30 heavy (non-hydrogen) atoms. The summed E-state index contributed by atoms with van der Waals surface area (Å²) in [6, 6.07) is 8.58. The number of rotatable bonds is 11. The van der Waals surface area contributed by atoms with Crippen molar-refractivity contribution in [2.24, 2.45) is 4.99 Å². The van der Waals surface area contributed by atoms with Crippen molar-refractivity contribution in [2.75, 3.05) is 32.9 Å². The molecule has 164 valence electrons. The first-order chi connectivity index (χ1) is 14.7. The summed E-state index contributed by atoms with van der Waals surface area (Å²) in [5.41, 5.74) is 2.45. The van der Waals surface area contributed by atoms with Gasteiger partial charge in [-0.3, -0.25) is 0 Å². The minimum Gasteiger partial charge on any atom is -0.379 e. The molecule has 1 fully saturated rings. The zero-order valence-corrected chi connectivity index (χ0v) is 18.3. The molecule has 3 rings (SSSR count). The smallest absolute Gasteiger partial charge is 0.191 e. The van der Waals surface area contributed by atoms with Crippen molar-refractivity contribution in [2.45, 2.75) is 52.3 Å². The van der Waals surface area contributed by atoms with Crippen LogP contribution in [0.4, 0.5) is 0 Å². The van der Waals surface area contributed by atoms with Gasteiger partial charge in [-0.05, 0) is 44.2 Å². The molecule has 0 saturated carbocycles. The number of hydrogen-bond acceptors (Lipinski definition) is 4. The highest BCUT2D eigenvalue weighted by Crippen LogP contribution is 2.12. The highest BCUT2D eigenvalue weighted by Gasteiger charge is 2.14. The monoisotopic (exact) mass is 413 g/mol. The minimum atomic E-state index is 0.297. The van der Waals surface area contributed by atoms with E-state index >= 15 is 0 Å². The number of hydrogen-bond donors (Lipinski definition) is 2. The molecule has 2 N–H and O–H groups in total. The van der Waals surface area contributed by atoms with E-state index in [-0.39, 0.29) is 0 Å². The Morgan fingerprint density at radius 2 is 2.23 bits per heavy atom. The standard InChI is InChI=1S/C23H35N5O2/c1-3-24-23(26-10-6-13-29-18-22-9-5-14-30-22)27-16-20-7-4-8-21(15-20)17-28-12-11-25-19(28)2/h4,7-8,11-12,15,22H,3,5-6,9-10,13-14,16-18H2,1-2H3,(H2,24,26,27). The molecule has 0 radical (unpaired) electrons. The second-order valence-corrected chi connectivity index (χ2v) is 7.61. The van der Waals surface area contributed by atoms with Crippen LogP contribution in [0.25, 0.3) is 0 Å². The SMILES string of the molecule is CCNC(=NCc1cccc(Cn2ccnc2C)c1)NCCCOCC1CCCO1. The van der Waals surface area contributed by atoms with Gasteiger partial charge in [0.1, 0.15) is 5.82 Å². The quantitative estimate of drug-likeness (QED) is 0.337. The van der Waals surface area contributed by atoms with Gasteiger partial charge >= 0.3 is 0 Å². The van der Waals surface area contributed by atoms with Gasteiger partial charge < -0.3 is 24.7 Å². The summed E-state index contributed by atoms with van der Waals surface area (Å²) in [6.45, 7) is 9.56. The first-order valence-corrected chi connectivity index (χ1v) is 11.0. The number of ether oxygens (including phenoxy) is 2. The maximum Gasteiger partial charge on any atom is 0.191 e. The molecule has 7 nitrogen and oxygen atoms in total. The van der Waals surface area contributed by atoms with Crippen LogP contribution in [0.1, 0.15) is 43.1 Å². The van der Waals surface area contributed by atoms with E-state index in [0.29, 0.717) is 19.3 Å². The summed E-state index contributed by atoms with van der Waals surface area (Å²) in [5.74, 6) is 1.87. The van der Waals surface area contributed by atoms with Crippen LogP contribution in [0.3, 0.4) is 0 Å². The molecule has 1 aliphatic heterocycles. The van der Waals surface area contributed by atoms with Crippen molar-refractivity contribution in [1.82, 2.24) is 20.2 Å². The number of guanidine groups is 1. The van der Waals surface area contributed by atoms with E-state index in [1.54, 1.807) is 0 Å². The topological polar surface area (TPSA) is 72.7 Å². The second-order valence-electron chi connectivity index (χ2n) is 7.61. The Bertz CT molecular complexity index is 783. The van der Waals surface area contributed by atoms with Gasteiger partial charge in [-0.15, -0.1) is 0 Å². The molecular weight excluding hydrogens is 378 g/mol. The molecule has 1 aliphatic rings. The number of imidazole rings is 1. The van der Waals surface area contributed by atoms with E-state index in [0.717, 1.165) is 63.9 Å². The van der Waals surface area contributed by atoms with Crippen molar-refractivity contribution in [3.8, 4) is 0 Å². The molecule has 0 bridgehead atoms. The normalized spacial score (nSPS) is 16.7. The first kappa shape index (κ1) is 22.3. The van der Waals surface area contributed by atoms with Gasteiger partial charge in [0, 0.05) is 45.2 Å². The Balaban J connectivity index is 1.42. The molecule has 0 amide bonds. The predicted octanol–water partition coefficient (Wildman–Crippen LogP) is 2.88. The van der Waals surface area contributed by atoms with Crippen LogP contribution in [0, 0.1) is 6.92 Å². The van der Waals surface area contributed by atoms with Crippen molar-refractivity contribution in [3.63, 3.8) is 0 Å². The van der Waals surface area contributed by atoms with Gasteiger partial charge in [0.05, 0.1) is 19.3 Å². The molecule has 1 aromatic heterocycles. The maximum absolute atomic E-state index is 5.72. The fourth-order valence-corrected chi connectivity index (χ4v) is 3.48. The van der Waals surface area contributed by atoms with Crippen molar-refractivity contribution in [3.05, 3.63) is 53.6 Å². The lowest BCUT2D eigenvalue weighted by Crippen LogP contribution is -2.38. The summed E-state index contributed by atoms with van der Waals surface area (Å²) in [6.07, 6.45) is 7.37. The minimum absolute atomic E-state index is 0.297. The molecule has 0 spiro atoms. The predicted molar refractivity (Wildman–Crippen MR) is 120 cm³/mol. The van der Waals surface area contributed by atoms with E-state index < -0.39 is 0 Å². The van der Waals surface area contributed by atoms with Gasteiger partial charge in [0.2, 0.25) is 0 Å². The summed E-state index contributed by atoms with van der Waals surface area (Å²) >= 11 is 0. The van der Waals surface area contributed by atoms with Crippen LogP contribution in [-0.2, 0) is 22.6 Å². The van der Waals surface area contributed by atoms with Crippen LogP contribution in [0.5, 0.6) is 0 Å². The van der Waals surface area contributed by atoms with Crippen molar-refractivity contribution in [1.29, 1.82) is 0 Å². The number of nitrogens with zero attached hydrogens (tertiary/aromatic N) is 3. The Kier molecular flexibility index (Phi) is 9.18. The molecule has 1 aromatic carbocycles. The third-order valence-corrected chi connectivity index (χ3v) is 5.12. The zero-order chi connectivity index (χ0) is 21.0. The third-order valence-electron chi connectivity index (χ3n) is 5.12. The number of aliphatic imine (C=N–C) groups is 1. The molecule has 2 aromatic rings. The molecule has 7 heteroatoms. The number of aromatic nitrogens is 2. The molecular formula is C23H35N5O2. The Morgan fingerprint density at radius 1 is 1.33 bits per heavy atom. The average molecular weight is 414 g/mol. The van der Waals surface area contributed by atoms with Crippen molar-refractivity contribution >= 4 is 5.96 Å². The number of aryl methyl sites for hydroxylation is 1. The maximum atomic E-state index is 5.72. The Morgan fingerprint density at radius 3 is 3.00 bits per heavy atom. The van der Waals surface area contributed by atoms with Gasteiger partial charge in [0.25, 0.3) is 0 Å². The highest BCUT2D eigenvalue weighted by molar-refractivity contribution is 5.79. The fourth-order valence-electron chi connectivity index (χ4n) is 3.48. The molecule has 2 heterocycles. The van der Waals surface area contributed by atoms with Gasteiger partial charge in [-0.1, -0.05) is 24.3 Å². The average Bonchev–Trinajstić information content (AvgIpc) is 3.41. The summed E-state index contributed by atoms with van der Waals surface area (Å²) < 4.78 is 13.4. The molecule has 1 saturated heterocycles. The van der Waals surface area contributed by atoms with Gasteiger partial charge in [-0.2, -0.15) is 0 Å². The summed E-state index contributed by atoms with van der Waals surface area (Å²) in [4.78, 5) is 9.03. The summed E-state index contributed by atoms with van der Waals surface area (Å²) in [7, 11) is 0. The van der Waals surface area contributed by atoms with Gasteiger partial charge in [0.15, 0.2) is 5.96 Å². The van der Waals surface area contributed by atoms with Crippen LogP contribution in [0.2, 0.25) is 0 Å². The van der Waals surface area contributed by atoms with Gasteiger partial charge in [-0.25, -0.2) is 9.98 Å². The van der Waals surface area contributed by atoms with Crippen LogP contribution >= 0.6 is 0 Å². The third kappa shape index (κ3) is 7.46. The first-order valence-electron chi connectivity index (χ1n) is 11.0.